The predicted molar refractivity (Wildman–Crippen MR) is 113 cm³/mol. The van der Waals surface area contributed by atoms with Gasteiger partial charge in [0.2, 0.25) is 0 Å². The Morgan fingerprint density at radius 1 is 1.21 bits per heavy atom. The second kappa shape index (κ2) is 8.91. The molecule has 1 aromatic heterocycles. The van der Waals surface area contributed by atoms with Crippen molar-refractivity contribution in [2.75, 3.05) is 32.7 Å². The zero-order valence-corrected chi connectivity index (χ0v) is 18.1. The van der Waals surface area contributed by atoms with Gasteiger partial charge in [0, 0.05) is 0 Å². The summed E-state index contributed by atoms with van der Waals surface area (Å²) in [4.78, 5) is 17.2. The Kier molecular flexibility index (Phi) is 6.55. The van der Waals surface area contributed by atoms with Crippen molar-refractivity contribution in [2.45, 2.75) is 47.5 Å². The van der Waals surface area contributed by atoms with Crippen LogP contribution in [0.15, 0.2) is 24.3 Å². The van der Waals surface area contributed by atoms with E-state index < -0.39 is 0 Å². The first kappa shape index (κ1) is 20.6. The second-order valence-electron chi connectivity index (χ2n) is 8.37. The molecular formula is C23H35N4O+. The largest absolute Gasteiger partial charge is 0.332 e. The molecule has 2 heterocycles. The minimum atomic E-state index is 0.168. The summed E-state index contributed by atoms with van der Waals surface area (Å²) in [5, 5.41) is 4.94. The smallest absolute Gasteiger partial charge is 0.258 e. The molecule has 0 aliphatic carbocycles. The third-order valence-corrected chi connectivity index (χ3v) is 5.71. The van der Waals surface area contributed by atoms with E-state index in [1.807, 2.05) is 9.58 Å². The first-order chi connectivity index (χ1) is 13.4. The zero-order valence-electron chi connectivity index (χ0n) is 18.1. The highest BCUT2D eigenvalue weighted by Gasteiger charge is 2.30. The van der Waals surface area contributed by atoms with Crippen molar-refractivity contribution >= 4 is 5.91 Å². The number of carbonyl (C=O) groups excluding carboxylic acids is 1. The van der Waals surface area contributed by atoms with Gasteiger partial charge in [-0.3, -0.25) is 4.79 Å². The maximum absolute atomic E-state index is 13.6. The normalized spacial score (nSPS) is 15.4. The monoisotopic (exact) mass is 383 g/mol. The van der Waals surface area contributed by atoms with Crippen molar-refractivity contribution in [3.05, 3.63) is 46.8 Å². The minimum Gasteiger partial charge on any atom is -0.332 e. The summed E-state index contributed by atoms with van der Waals surface area (Å²) < 4.78 is 2.01. The molecule has 152 valence electrons. The lowest BCUT2D eigenvalue weighted by Gasteiger charge is -2.31. The van der Waals surface area contributed by atoms with Crippen LogP contribution in [0.5, 0.6) is 0 Å². The fourth-order valence-electron chi connectivity index (χ4n) is 4.12. The van der Waals surface area contributed by atoms with Crippen LogP contribution >= 0.6 is 0 Å². The Bertz CT molecular complexity index is 816. The number of rotatable bonds is 6. The molecule has 5 nitrogen and oxygen atoms in total. The van der Waals surface area contributed by atoms with Crippen LogP contribution < -0.4 is 4.90 Å². The molecule has 1 aromatic carbocycles. The number of nitrogens with zero attached hydrogens (tertiary/aromatic N) is 3. The Hall–Kier alpha value is -2.14. The number of benzene rings is 1. The Morgan fingerprint density at radius 2 is 1.93 bits per heavy atom. The standard InChI is InChI=1S/C23H34N4O/c1-6-21-22(23(28)26-13-11-25(7-2)12-14-26)20(15-17(3)4)24-27(21)19-10-8-9-18(5)16-19/h8-10,16-17H,6-7,11-15H2,1-5H3/p+1. The van der Waals surface area contributed by atoms with Crippen LogP contribution in [-0.4, -0.2) is 53.3 Å². The number of likely N-dealkylation sites (N-methyl/N-ethyl adjacent to an activating group) is 1. The van der Waals surface area contributed by atoms with Gasteiger partial charge in [0.25, 0.3) is 5.91 Å². The highest BCUT2D eigenvalue weighted by molar-refractivity contribution is 5.96. The van der Waals surface area contributed by atoms with Gasteiger partial charge in [-0.1, -0.05) is 32.9 Å². The molecule has 0 saturated carbocycles. The van der Waals surface area contributed by atoms with E-state index >= 15 is 0 Å². The highest BCUT2D eigenvalue weighted by atomic mass is 16.2. The molecule has 1 amide bonds. The van der Waals surface area contributed by atoms with Gasteiger partial charge >= 0.3 is 0 Å². The molecule has 0 unspecified atom stereocenters. The van der Waals surface area contributed by atoms with Crippen molar-refractivity contribution < 1.29 is 9.69 Å². The molecule has 3 rings (SSSR count). The summed E-state index contributed by atoms with van der Waals surface area (Å²) in [6.45, 7) is 15.7. The fraction of sp³-hybridized carbons (Fsp3) is 0.565. The van der Waals surface area contributed by atoms with Gasteiger partial charge in [0.15, 0.2) is 0 Å². The van der Waals surface area contributed by atoms with Gasteiger partial charge in [-0.15, -0.1) is 0 Å². The maximum atomic E-state index is 13.6. The van der Waals surface area contributed by atoms with Crippen molar-refractivity contribution in [3.8, 4) is 5.69 Å². The molecule has 0 bridgehead atoms. The van der Waals surface area contributed by atoms with Gasteiger partial charge < -0.3 is 9.80 Å². The average molecular weight is 384 g/mol. The van der Waals surface area contributed by atoms with E-state index in [1.54, 1.807) is 4.90 Å². The van der Waals surface area contributed by atoms with Gasteiger partial charge in [0.1, 0.15) is 0 Å². The molecule has 1 aliphatic heterocycles. The molecule has 1 aliphatic rings. The van der Waals surface area contributed by atoms with Crippen LogP contribution in [0.2, 0.25) is 0 Å². The van der Waals surface area contributed by atoms with Crippen LogP contribution in [0.4, 0.5) is 0 Å². The van der Waals surface area contributed by atoms with Gasteiger partial charge in [-0.25, -0.2) is 4.68 Å². The molecule has 0 radical (unpaired) electrons. The maximum Gasteiger partial charge on any atom is 0.258 e. The van der Waals surface area contributed by atoms with Crippen LogP contribution in [0, 0.1) is 12.8 Å². The van der Waals surface area contributed by atoms with Crippen LogP contribution in [0.1, 0.15) is 55.0 Å². The number of aromatic nitrogens is 2. The topological polar surface area (TPSA) is 42.6 Å². The number of aryl methyl sites for hydroxylation is 1. The number of carbonyl (C=O) groups is 1. The van der Waals surface area contributed by atoms with Crippen molar-refractivity contribution in [2.24, 2.45) is 5.92 Å². The molecule has 5 heteroatoms. The number of piperazine rings is 1. The molecule has 1 N–H and O–H groups in total. The number of hydrogen-bond donors (Lipinski definition) is 1. The lowest BCUT2D eigenvalue weighted by Crippen LogP contribution is -3.14. The number of hydrogen-bond acceptors (Lipinski definition) is 2. The molecule has 1 saturated heterocycles. The third-order valence-electron chi connectivity index (χ3n) is 5.71. The van der Waals surface area contributed by atoms with E-state index in [9.17, 15) is 4.79 Å². The van der Waals surface area contributed by atoms with E-state index in [4.69, 9.17) is 5.10 Å². The molecule has 0 atom stereocenters. The summed E-state index contributed by atoms with van der Waals surface area (Å²) in [6.07, 6.45) is 1.62. The second-order valence-corrected chi connectivity index (χ2v) is 8.37. The summed E-state index contributed by atoms with van der Waals surface area (Å²) >= 11 is 0. The van der Waals surface area contributed by atoms with Crippen molar-refractivity contribution in [1.29, 1.82) is 0 Å². The average Bonchev–Trinajstić information content (AvgIpc) is 3.05. The molecular weight excluding hydrogens is 348 g/mol. The van der Waals surface area contributed by atoms with Crippen LogP contribution in [0.25, 0.3) is 5.69 Å². The highest BCUT2D eigenvalue weighted by Crippen LogP contribution is 2.24. The van der Waals surface area contributed by atoms with E-state index in [0.717, 1.165) is 68.2 Å². The minimum absolute atomic E-state index is 0.168. The third kappa shape index (κ3) is 4.30. The number of nitrogens with one attached hydrogen (secondary N) is 1. The summed E-state index contributed by atoms with van der Waals surface area (Å²) in [5.41, 5.74) is 5.07. The Morgan fingerprint density at radius 3 is 2.50 bits per heavy atom. The molecule has 28 heavy (non-hydrogen) atoms. The molecule has 2 aromatic rings. The lowest BCUT2D eigenvalue weighted by molar-refractivity contribution is -0.902. The molecule has 0 spiro atoms. The zero-order chi connectivity index (χ0) is 20.3. The Balaban J connectivity index is 2.01. The van der Waals surface area contributed by atoms with E-state index in [1.165, 1.54) is 5.56 Å². The fourth-order valence-corrected chi connectivity index (χ4v) is 4.12. The van der Waals surface area contributed by atoms with Gasteiger partial charge in [0.05, 0.1) is 55.4 Å². The van der Waals surface area contributed by atoms with Gasteiger partial charge in [-0.05, 0) is 50.3 Å². The Labute approximate surface area is 169 Å². The van der Waals surface area contributed by atoms with Gasteiger partial charge in [-0.2, -0.15) is 5.10 Å². The number of quaternary nitrogens is 1. The SMILES string of the molecule is CCc1c(C(=O)N2CC[NH+](CC)CC2)c(CC(C)C)nn1-c1cccc(C)c1. The first-order valence-electron chi connectivity index (χ1n) is 10.7. The van der Waals surface area contributed by atoms with E-state index in [-0.39, 0.29) is 5.91 Å². The van der Waals surface area contributed by atoms with Crippen LogP contribution in [-0.2, 0) is 12.8 Å². The van der Waals surface area contributed by atoms with Crippen LogP contribution in [0.3, 0.4) is 0 Å². The van der Waals surface area contributed by atoms with Crippen molar-refractivity contribution in [3.63, 3.8) is 0 Å². The van der Waals surface area contributed by atoms with E-state index in [0.29, 0.717) is 5.92 Å². The summed E-state index contributed by atoms with van der Waals surface area (Å²) in [6, 6.07) is 8.37. The number of amides is 1. The van der Waals surface area contributed by atoms with E-state index in [2.05, 4.69) is 58.9 Å². The predicted octanol–water partition coefficient (Wildman–Crippen LogP) is 2.30. The quantitative estimate of drug-likeness (QED) is 0.832. The molecule has 1 fully saturated rings. The lowest BCUT2D eigenvalue weighted by atomic mass is 10.0. The summed E-state index contributed by atoms with van der Waals surface area (Å²) in [5.74, 6) is 0.625. The first-order valence-corrected chi connectivity index (χ1v) is 10.7. The summed E-state index contributed by atoms with van der Waals surface area (Å²) in [7, 11) is 0. The van der Waals surface area contributed by atoms with Crippen molar-refractivity contribution in [1.82, 2.24) is 14.7 Å².